The van der Waals surface area contributed by atoms with Crippen molar-refractivity contribution >= 4 is 0 Å². The Morgan fingerprint density at radius 2 is 0.938 bits per heavy atom. The van der Waals surface area contributed by atoms with E-state index in [-0.39, 0.29) is 43.5 Å². The third-order valence-electron chi connectivity index (χ3n) is 9.94. The molecule has 0 saturated heterocycles. The van der Waals surface area contributed by atoms with E-state index in [1.807, 2.05) is 0 Å². The monoisotopic (exact) mass is 508 g/mol. The van der Waals surface area contributed by atoms with E-state index in [1.165, 1.54) is 103 Å². The van der Waals surface area contributed by atoms with Crippen molar-refractivity contribution in [2.45, 2.75) is 124 Å². The van der Waals surface area contributed by atoms with Gasteiger partial charge in [-0.15, -0.1) is 0 Å². The number of hydrogen-bond donors (Lipinski definition) is 0. The summed E-state index contributed by atoms with van der Waals surface area (Å²) in [5.74, 6) is 18.8. The second-order valence-corrected chi connectivity index (χ2v) is 12.5. The predicted octanol–water partition coefficient (Wildman–Crippen LogP) is 8.60. The van der Waals surface area contributed by atoms with Crippen LogP contribution in [0.15, 0.2) is 0 Å². The first-order chi connectivity index (χ1) is 14.9. The molecule has 0 aromatic carbocycles. The molecule has 1 radical (unpaired) electrons. The average molecular weight is 509 g/mol. The number of rotatable bonds is 2. The third-order valence-corrected chi connectivity index (χ3v) is 9.94. The third kappa shape index (κ3) is 7.36. The van der Waals surface area contributed by atoms with Crippen LogP contribution in [0.4, 0.5) is 0 Å². The molecule has 0 bridgehead atoms. The van der Waals surface area contributed by atoms with Crippen LogP contribution >= 0.6 is 0 Å². The smallest absolute Gasteiger partial charge is 0.0297 e. The first kappa shape index (κ1) is 26.8. The molecular formula is C31H47Y-. The molecule has 0 atom stereocenters. The molecule has 0 aliphatic heterocycles. The van der Waals surface area contributed by atoms with Gasteiger partial charge < -0.3 is 6.42 Å². The van der Waals surface area contributed by atoms with Crippen molar-refractivity contribution in [3.05, 3.63) is 6.42 Å². The first-order valence-corrected chi connectivity index (χ1v) is 13.8. The van der Waals surface area contributed by atoms with Gasteiger partial charge in [0.15, 0.2) is 0 Å². The Morgan fingerprint density at radius 1 is 0.562 bits per heavy atom. The Morgan fingerprint density at radius 3 is 1.38 bits per heavy atom. The topological polar surface area (TPSA) is 0 Å². The zero-order valence-corrected chi connectivity index (χ0v) is 24.2. The Balaban J connectivity index is 0.00000289. The molecule has 32 heavy (non-hydrogen) atoms. The van der Waals surface area contributed by atoms with Gasteiger partial charge in [-0.25, -0.2) is 0 Å². The summed E-state index contributed by atoms with van der Waals surface area (Å²) in [6.45, 7) is 7.23. The minimum atomic E-state index is 0. The fraction of sp³-hybridized carbons (Fsp3) is 0.839. The summed E-state index contributed by atoms with van der Waals surface area (Å²) in [6.07, 6.45) is 24.7. The van der Waals surface area contributed by atoms with E-state index in [9.17, 15) is 0 Å². The van der Waals surface area contributed by atoms with Crippen LogP contribution in [-0.4, -0.2) is 0 Å². The summed E-state index contributed by atoms with van der Waals surface area (Å²) in [5, 5.41) is 0. The molecule has 4 aliphatic carbocycles. The second kappa shape index (κ2) is 12.3. The minimum Gasteiger partial charge on any atom is -0.328 e. The van der Waals surface area contributed by atoms with Crippen LogP contribution in [0.2, 0.25) is 0 Å². The number of hydrogen-bond acceptors (Lipinski definition) is 0. The van der Waals surface area contributed by atoms with Gasteiger partial charge in [-0.2, -0.15) is 12.8 Å². The van der Waals surface area contributed by atoms with Crippen molar-refractivity contribution in [3.8, 4) is 23.7 Å². The maximum absolute atomic E-state index is 3.62. The molecule has 4 rings (SSSR count). The predicted molar refractivity (Wildman–Crippen MR) is 133 cm³/mol. The summed E-state index contributed by atoms with van der Waals surface area (Å²) < 4.78 is 0. The van der Waals surface area contributed by atoms with Crippen molar-refractivity contribution in [3.63, 3.8) is 0 Å². The maximum Gasteiger partial charge on any atom is 0.0297 e. The molecule has 0 aromatic heterocycles. The largest absolute Gasteiger partial charge is 0.328 e. The van der Waals surface area contributed by atoms with E-state index in [1.54, 1.807) is 0 Å². The molecule has 4 fully saturated rings. The van der Waals surface area contributed by atoms with Crippen molar-refractivity contribution in [2.75, 3.05) is 0 Å². The van der Waals surface area contributed by atoms with Crippen LogP contribution in [0, 0.1) is 70.5 Å². The fourth-order valence-electron chi connectivity index (χ4n) is 7.29. The van der Waals surface area contributed by atoms with E-state index in [2.05, 4.69) is 50.9 Å². The molecule has 4 saturated carbocycles. The van der Waals surface area contributed by atoms with E-state index >= 15 is 0 Å². The Hall–Kier alpha value is 0.224. The fourth-order valence-corrected chi connectivity index (χ4v) is 7.29. The van der Waals surface area contributed by atoms with Gasteiger partial charge in [0.25, 0.3) is 0 Å². The molecule has 0 unspecified atom stereocenters. The van der Waals surface area contributed by atoms with Gasteiger partial charge in [-0.3, -0.25) is 0 Å². The summed E-state index contributed by atoms with van der Waals surface area (Å²) in [6, 6.07) is 0. The van der Waals surface area contributed by atoms with Crippen molar-refractivity contribution < 1.29 is 32.7 Å². The SMILES string of the molecule is CC1CCC(C2CCC(C)(C#CC#CC3(C)CCC(C4CC[CH-]CC4)CC3)CC2)CC1.[Y]. The van der Waals surface area contributed by atoms with Crippen LogP contribution < -0.4 is 0 Å². The van der Waals surface area contributed by atoms with E-state index in [0.717, 1.165) is 29.6 Å². The standard InChI is InChI=1S/C31H47.Y/c1-25-11-13-27(14-12-25)29-17-23-31(3,24-18-29)20-8-7-19-30(2)21-15-28(16-22-30)26-9-5-4-6-10-26;/h4,25-29H,5-6,9-18,21-24H2,1-3H3;/q-1;. The molecule has 4 aliphatic rings. The van der Waals surface area contributed by atoms with Crippen LogP contribution in [0.25, 0.3) is 0 Å². The minimum absolute atomic E-state index is 0. The van der Waals surface area contributed by atoms with Crippen molar-refractivity contribution in [2.24, 2.45) is 40.4 Å². The van der Waals surface area contributed by atoms with Crippen molar-refractivity contribution in [1.82, 2.24) is 0 Å². The summed E-state index contributed by atoms with van der Waals surface area (Å²) in [7, 11) is 0. The zero-order valence-electron chi connectivity index (χ0n) is 21.4. The van der Waals surface area contributed by atoms with Gasteiger partial charge in [0.1, 0.15) is 0 Å². The van der Waals surface area contributed by atoms with Crippen molar-refractivity contribution in [1.29, 1.82) is 0 Å². The molecule has 0 nitrogen and oxygen atoms in total. The first-order valence-electron chi connectivity index (χ1n) is 13.8. The quantitative estimate of drug-likeness (QED) is 0.259. The Kier molecular flexibility index (Phi) is 10.3. The van der Waals surface area contributed by atoms with E-state index in [0.29, 0.717) is 0 Å². The Bertz CT molecular complexity index is 682. The second-order valence-electron chi connectivity index (χ2n) is 12.5. The van der Waals surface area contributed by atoms with Gasteiger partial charge >= 0.3 is 0 Å². The maximum atomic E-state index is 3.62. The molecule has 1 heteroatoms. The summed E-state index contributed by atoms with van der Waals surface area (Å²) in [4.78, 5) is 0. The van der Waals surface area contributed by atoms with Crippen LogP contribution in [0.5, 0.6) is 0 Å². The van der Waals surface area contributed by atoms with E-state index < -0.39 is 0 Å². The molecular weight excluding hydrogens is 461 g/mol. The molecule has 0 aromatic rings. The summed E-state index contributed by atoms with van der Waals surface area (Å²) >= 11 is 0. The van der Waals surface area contributed by atoms with E-state index in [4.69, 9.17) is 0 Å². The van der Waals surface area contributed by atoms with Gasteiger partial charge in [0, 0.05) is 43.5 Å². The van der Waals surface area contributed by atoms with Crippen LogP contribution in [0.3, 0.4) is 0 Å². The zero-order chi connectivity index (χ0) is 21.7. The van der Waals surface area contributed by atoms with Crippen LogP contribution in [-0.2, 0) is 32.7 Å². The van der Waals surface area contributed by atoms with Gasteiger partial charge in [-0.1, -0.05) is 44.4 Å². The average Bonchev–Trinajstić information content (AvgIpc) is 2.79. The van der Waals surface area contributed by atoms with Crippen LogP contribution in [0.1, 0.15) is 124 Å². The van der Waals surface area contributed by atoms with Gasteiger partial charge in [-0.05, 0) is 119 Å². The summed E-state index contributed by atoms with van der Waals surface area (Å²) in [5.41, 5.74) is 0.423. The normalized spacial score (nSPS) is 40.7. The molecule has 0 amide bonds. The van der Waals surface area contributed by atoms with Gasteiger partial charge in [0.2, 0.25) is 0 Å². The molecule has 0 heterocycles. The Labute approximate surface area is 225 Å². The molecule has 0 spiro atoms. The van der Waals surface area contributed by atoms with Gasteiger partial charge in [0.05, 0.1) is 0 Å². The molecule has 175 valence electrons. The molecule has 0 N–H and O–H groups in total.